The third kappa shape index (κ3) is 5.25. The molecule has 0 saturated heterocycles. The van der Waals surface area contributed by atoms with Crippen molar-refractivity contribution in [3.05, 3.63) is 65.3 Å². The third-order valence-electron chi connectivity index (χ3n) is 6.72. The summed E-state index contributed by atoms with van der Waals surface area (Å²) in [7, 11) is -4.01. The quantitative estimate of drug-likeness (QED) is 0.306. The van der Waals surface area contributed by atoms with E-state index in [4.69, 9.17) is 11.6 Å². The SMILES string of the molecule is CSC[C@@]1(O)CCCC(Nc2nc(-c3cn(S(=O)(=O)c4ccc(C)cc4)c4ncc(Cl)cc34)ncc2F)C1. The number of benzene rings is 1. The number of nitrogens with one attached hydrogen (secondary N) is 1. The largest absolute Gasteiger partial charge is 0.389 e. The number of anilines is 1. The standard InChI is InChI=1S/C26H27ClFN5O3S2/c1-16-5-7-19(8-6-16)38(35,36)33-14-21(20-10-17(27)12-30-25(20)33)23-29-13-22(28)24(32-23)31-18-4-3-9-26(34,11-18)15-37-2/h5-8,10,12-14,18,34H,3-4,9,11,15H2,1-2H3,(H,29,31,32)/t18?,26-/m1/s1. The first-order valence-corrected chi connectivity index (χ1v) is 15.3. The van der Waals surface area contributed by atoms with Gasteiger partial charge in [0.1, 0.15) is 0 Å². The van der Waals surface area contributed by atoms with Crippen LogP contribution in [0.25, 0.3) is 22.4 Å². The number of thioether (sulfide) groups is 1. The molecule has 2 atom stereocenters. The second kappa shape index (κ2) is 10.4. The molecule has 200 valence electrons. The molecule has 1 aromatic carbocycles. The highest BCUT2D eigenvalue weighted by Gasteiger charge is 2.34. The molecule has 0 radical (unpaired) electrons. The molecule has 8 nitrogen and oxygen atoms in total. The number of aliphatic hydroxyl groups is 1. The maximum Gasteiger partial charge on any atom is 0.269 e. The predicted octanol–water partition coefficient (Wildman–Crippen LogP) is 5.28. The number of rotatable bonds is 7. The van der Waals surface area contributed by atoms with Crippen molar-refractivity contribution in [2.75, 3.05) is 17.3 Å². The number of hydrogen-bond acceptors (Lipinski definition) is 8. The van der Waals surface area contributed by atoms with Crippen molar-refractivity contribution in [2.24, 2.45) is 0 Å². The Hall–Kier alpha value is -2.73. The Labute approximate surface area is 229 Å². The number of halogens is 2. The molecule has 0 aliphatic heterocycles. The number of hydrogen-bond donors (Lipinski definition) is 2. The molecule has 3 heterocycles. The van der Waals surface area contributed by atoms with Crippen molar-refractivity contribution in [3.8, 4) is 11.4 Å². The van der Waals surface area contributed by atoms with Gasteiger partial charge in [-0.15, -0.1) is 0 Å². The van der Waals surface area contributed by atoms with E-state index in [0.717, 1.165) is 28.6 Å². The molecular weight excluding hydrogens is 549 g/mol. The molecule has 0 spiro atoms. The molecule has 0 amide bonds. The Kier molecular flexibility index (Phi) is 7.38. The fourth-order valence-corrected chi connectivity index (χ4v) is 7.18. The zero-order chi connectivity index (χ0) is 27.1. The first-order valence-electron chi connectivity index (χ1n) is 12.1. The van der Waals surface area contributed by atoms with Crippen LogP contribution in [-0.2, 0) is 10.0 Å². The van der Waals surface area contributed by atoms with E-state index in [1.807, 2.05) is 13.2 Å². The molecule has 1 aliphatic carbocycles. The minimum absolute atomic E-state index is 0.00863. The first kappa shape index (κ1) is 26.9. The van der Waals surface area contributed by atoms with E-state index < -0.39 is 21.4 Å². The van der Waals surface area contributed by atoms with Gasteiger partial charge >= 0.3 is 0 Å². The van der Waals surface area contributed by atoms with Gasteiger partial charge < -0.3 is 10.4 Å². The maximum atomic E-state index is 14.8. The Bertz CT molecular complexity index is 1590. The van der Waals surface area contributed by atoms with Gasteiger partial charge in [0.25, 0.3) is 10.0 Å². The molecule has 12 heteroatoms. The summed E-state index contributed by atoms with van der Waals surface area (Å²) in [5, 5.41) is 14.7. The molecule has 1 fully saturated rings. The van der Waals surface area contributed by atoms with Gasteiger partial charge in [-0.05, 0) is 57.1 Å². The summed E-state index contributed by atoms with van der Waals surface area (Å²) in [4.78, 5) is 13.0. The molecule has 3 aromatic heterocycles. The zero-order valence-corrected chi connectivity index (χ0v) is 23.2. The van der Waals surface area contributed by atoms with E-state index in [-0.39, 0.29) is 28.2 Å². The monoisotopic (exact) mass is 575 g/mol. The first-order chi connectivity index (χ1) is 18.1. The number of nitrogens with zero attached hydrogens (tertiary/aromatic N) is 4. The summed E-state index contributed by atoms with van der Waals surface area (Å²) in [5.41, 5.74) is 0.608. The summed E-state index contributed by atoms with van der Waals surface area (Å²) >= 11 is 7.79. The summed E-state index contributed by atoms with van der Waals surface area (Å²) in [6, 6.07) is 7.92. The van der Waals surface area contributed by atoms with Crippen LogP contribution in [0, 0.1) is 12.7 Å². The van der Waals surface area contributed by atoms with Gasteiger partial charge in [0, 0.05) is 35.1 Å². The number of fused-ring (bicyclic) bond motifs is 1. The Balaban J connectivity index is 1.56. The zero-order valence-electron chi connectivity index (χ0n) is 20.9. The Morgan fingerprint density at radius 2 is 2.03 bits per heavy atom. The third-order valence-corrected chi connectivity index (χ3v) is 9.41. The van der Waals surface area contributed by atoms with Crippen molar-refractivity contribution in [3.63, 3.8) is 0 Å². The average Bonchev–Trinajstić information content (AvgIpc) is 3.25. The average molecular weight is 576 g/mol. The van der Waals surface area contributed by atoms with Gasteiger partial charge in [0.05, 0.1) is 21.7 Å². The number of pyridine rings is 1. The summed E-state index contributed by atoms with van der Waals surface area (Å²) < 4.78 is 43.0. The van der Waals surface area contributed by atoms with E-state index in [1.54, 1.807) is 30.0 Å². The lowest BCUT2D eigenvalue weighted by Gasteiger charge is -2.37. The van der Waals surface area contributed by atoms with Crippen LogP contribution in [0.2, 0.25) is 5.02 Å². The second-order valence-electron chi connectivity index (χ2n) is 9.67. The summed E-state index contributed by atoms with van der Waals surface area (Å²) in [5.74, 6) is 0.0763. The van der Waals surface area contributed by atoms with Crippen molar-refractivity contribution >= 4 is 50.2 Å². The van der Waals surface area contributed by atoms with Gasteiger partial charge in [0.15, 0.2) is 23.1 Å². The normalized spacial score (nSPS) is 20.1. The highest BCUT2D eigenvalue weighted by molar-refractivity contribution is 7.98. The van der Waals surface area contributed by atoms with Crippen molar-refractivity contribution in [2.45, 2.75) is 49.1 Å². The van der Waals surface area contributed by atoms with Crippen LogP contribution in [0.4, 0.5) is 10.2 Å². The second-order valence-corrected chi connectivity index (χ2v) is 12.8. The predicted molar refractivity (Wildman–Crippen MR) is 149 cm³/mol. The molecular formula is C26H27ClFN5O3S2. The van der Waals surface area contributed by atoms with E-state index in [9.17, 15) is 17.9 Å². The van der Waals surface area contributed by atoms with Crippen molar-refractivity contribution < 1.29 is 17.9 Å². The van der Waals surface area contributed by atoms with E-state index in [2.05, 4.69) is 20.3 Å². The lowest BCUT2D eigenvalue weighted by molar-refractivity contribution is 0.0229. The number of aromatic nitrogens is 4. The van der Waals surface area contributed by atoms with Crippen molar-refractivity contribution in [1.82, 2.24) is 18.9 Å². The van der Waals surface area contributed by atoms with Crippen LogP contribution in [-0.4, -0.2) is 56.1 Å². The lowest BCUT2D eigenvalue weighted by Crippen LogP contribution is -2.42. The highest BCUT2D eigenvalue weighted by atomic mass is 35.5. The van der Waals surface area contributed by atoms with Gasteiger partial charge in [-0.2, -0.15) is 11.8 Å². The van der Waals surface area contributed by atoms with Gasteiger partial charge in [0.2, 0.25) is 0 Å². The fourth-order valence-electron chi connectivity index (χ4n) is 4.89. The molecule has 38 heavy (non-hydrogen) atoms. The topological polar surface area (TPSA) is 110 Å². The Morgan fingerprint density at radius 1 is 1.26 bits per heavy atom. The van der Waals surface area contributed by atoms with Gasteiger partial charge in [-0.1, -0.05) is 29.3 Å². The minimum Gasteiger partial charge on any atom is -0.389 e. The fraction of sp³-hybridized carbons (Fsp3) is 0.346. The van der Waals surface area contributed by atoms with Crippen LogP contribution in [0.15, 0.2) is 53.8 Å². The molecule has 0 bridgehead atoms. The lowest BCUT2D eigenvalue weighted by atomic mass is 9.83. The molecule has 1 unspecified atom stereocenters. The van der Waals surface area contributed by atoms with E-state index >= 15 is 0 Å². The molecule has 2 N–H and O–H groups in total. The van der Waals surface area contributed by atoms with Crippen LogP contribution in [0.5, 0.6) is 0 Å². The van der Waals surface area contributed by atoms with Crippen LogP contribution >= 0.6 is 23.4 Å². The molecule has 1 saturated carbocycles. The van der Waals surface area contributed by atoms with E-state index in [1.165, 1.54) is 24.5 Å². The van der Waals surface area contributed by atoms with Gasteiger partial charge in [-0.3, -0.25) is 0 Å². The van der Waals surface area contributed by atoms with Crippen LogP contribution in [0.1, 0.15) is 31.2 Å². The minimum atomic E-state index is -4.01. The highest BCUT2D eigenvalue weighted by Crippen LogP contribution is 2.35. The molecule has 5 rings (SSSR count). The summed E-state index contributed by atoms with van der Waals surface area (Å²) in [6.45, 7) is 1.87. The molecule has 1 aliphatic rings. The summed E-state index contributed by atoms with van der Waals surface area (Å²) in [6.07, 6.45) is 8.50. The van der Waals surface area contributed by atoms with Gasteiger partial charge in [-0.25, -0.2) is 31.7 Å². The molecule has 4 aromatic rings. The maximum absolute atomic E-state index is 14.8. The van der Waals surface area contributed by atoms with Crippen LogP contribution < -0.4 is 5.32 Å². The van der Waals surface area contributed by atoms with E-state index in [0.29, 0.717) is 34.6 Å². The smallest absolute Gasteiger partial charge is 0.269 e. The van der Waals surface area contributed by atoms with Crippen LogP contribution in [0.3, 0.4) is 0 Å². The Morgan fingerprint density at radius 3 is 2.76 bits per heavy atom. The number of aryl methyl sites for hydroxylation is 1. The van der Waals surface area contributed by atoms with Crippen molar-refractivity contribution in [1.29, 1.82) is 0 Å².